The molecular formula is C11H15F3N4O2. The third-order valence-electron chi connectivity index (χ3n) is 3.65. The maximum absolute atomic E-state index is 12.6. The number of alkyl halides is 3. The fourth-order valence-corrected chi connectivity index (χ4v) is 2.54. The number of nitrogens with zero attached hydrogens (tertiary/aromatic N) is 4. The van der Waals surface area contributed by atoms with Gasteiger partial charge in [0.25, 0.3) is 0 Å². The number of tetrazole rings is 1. The molecule has 0 spiro atoms. The van der Waals surface area contributed by atoms with Gasteiger partial charge in [-0.1, -0.05) is 0 Å². The van der Waals surface area contributed by atoms with Gasteiger partial charge in [0, 0.05) is 5.92 Å². The second kappa shape index (κ2) is 5.76. The number of hydrogen-bond acceptors (Lipinski definition) is 4. The molecule has 0 aromatic carbocycles. The Hall–Kier alpha value is -1.67. The summed E-state index contributed by atoms with van der Waals surface area (Å²) in [5.41, 5.74) is 0. The van der Waals surface area contributed by atoms with Crippen LogP contribution in [0.4, 0.5) is 13.2 Å². The molecule has 0 amide bonds. The van der Waals surface area contributed by atoms with Crippen LogP contribution in [0, 0.1) is 5.92 Å². The lowest BCUT2D eigenvalue weighted by Gasteiger charge is -2.29. The van der Waals surface area contributed by atoms with Gasteiger partial charge in [0.2, 0.25) is 0 Å². The van der Waals surface area contributed by atoms with E-state index in [0.29, 0.717) is 18.7 Å². The topological polar surface area (TPSA) is 80.9 Å². The van der Waals surface area contributed by atoms with Gasteiger partial charge in [-0.3, -0.25) is 4.79 Å². The van der Waals surface area contributed by atoms with Crippen molar-refractivity contribution in [2.45, 2.75) is 50.7 Å². The lowest BCUT2D eigenvalue weighted by molar-refractivity contribution is -0.182. The van der Waals surface area contributed by atoms with Gasteiger partial charge in [-0.2, -0.15) is 13.2 Å². The summed E-state index contributed by atoms with van der Waals surface area (Å²) >= 11 is 0. The summed E-state index contributed by atoms with van der Waals surface area (Å²) < 4.78 is 39.1. The van der Waals surface area contributed by atoms with Crippen molar-refractivity contribution >= 4 is 5.97 Å². The molecule has 112 valence electrons. The molecule has 1 aromatic heterocycles. The van der Waals surface area contributed by atoms with Crippen LogP contribution in [0.5, 0.6) is 0 Å². The Morgan fingerprint density at radius 3 is 2.50 bits per heavy atom. The third-order valence-corrected chi connectivity index (χ3v) is 3.65. The number of halogens is 3. The minimum absolute atomic E-state index is 0.0694. The Balaban J connectivity index is 1.97. The van der Waals surface area contributed by atoms with Gasteiger partial charge >= 0.3 is 12.1 Å². The number of carboxylic acids is 1. The molecule has 1 N–H and O–H groups in total. The molecule has 1 aliphatic carbocycles. The minimum Gasteiger partial charge on any atom is -0.481 e. The number of aromatic nitrogens is 4. The predicted octanol–water partition coefficient (Wildman–Crippen LogP) is 1.98. The Morgan fingerprint density at radius 2 is 1.95 bits per heavy atom. The summed E-state index contributed by atoms with van der Waals surface area (Å²) in [5, 5.41) is 19.7. The molecule has 1 heterocycles. The van der Waals surface area contributed by atoms with Crippen molar-refractivity contribution in [1.29, 1.82) is 0 Å². The third kappa shape index (κ3) is 3.45. The molecule has 1 aliphatic rings. The molecule has 0 unspecified atom stereocenters. The lowest BCUT2D eigenvalue weighted by Crippen LogP contribution is -2.28. The molecule has 20 heavy (non-hydrogen) atoms. The fraction of sp³-hybridized carbons (Fsp3) is 0.818. The smallest absolute Gasteiger partial charge is 0.391 e. The van der Waals surface area contributed by atoms with Crippen LogP contribution in [-0.2, 0) is 11.3 Å². The maximum atomic E-state index is 12.6. The second-order valence-electron chi connectivity index (χ2n) is 4.99. The van der Waals surface area contributed by atoms with E-state index in [1.165, 1.54) is 4.68 Å². The minimum atomic E-state index is -4.14. The molecule has 2 rings (SSSR count). The number of aliphatic carboxylic acids is 1. The Labute approximate surface area is 113 Å². The van der Waals surface area contributed by atoms with Crippen LogP contribution in [0.2, 0.25) is 0 Å². The SMILES string of the molecule is O=C(O)CCn1nnnc1C1CCC(C(F)(F)F)CC1. The molecule has 0 saturated heterocycles. The lowest BCUT2D eigenvalue weighted by atomic mass is 9.81. The van der Waals surface area contributed by atoms with Crippen LogP contribution in [0.1, 0.15) is 43.8 Å². The molecule has 0 radical (unpaired) electrons. The molecule has 1 fully saturated rings. The van der Waals surface area contributed by atoms with E-state index in [0.717, 1.165) is 0 Å². The first-order valence-corrected chi connectivity index (χ1v) is 6.42. The average Bonchev–Trinajstić information content (AvgIpc) is 2.83. The fourth-order valence-electron chi connectivity index (χ4n) is 2.54. The van der Waals surface area contributed by atoms with Crippen molar-refractivity contribution in [3.8, 4) is 0 Å². The van der Waals surface area contributed by atoms with Crippen LogP contribution >= 0.6 is 0 Å². The van der Waals surface area contributed by atoms with E-state index in [1.54, 1.807) is 0 Å². The number of hydrogen-bond donors (Lipinski definition) is 1. The van der Waals surface area contributed by atoms with E-state index >= 15 is 0 Å². The summed E-state index contributed by atoms with van der Waals surface area (Å²) in [6, 6.07) is 0. The van der Waals surface area contributed by atoms with Crippen LogP contribution in [0.15, 0.2) is 0 Å². The zero-order valence-corrected chi connectivity index (χ0v) is 10.7. The zero-order chi connectivity index (χ0) is 14.8. The molecular weight excluding hydrogens is 277 g/mol. The van der Waals surface area contributed by atoms with Gasteiger partial charge in [-0.25, -0.2) is 4.68 Å². The molecule has 6 nitrogen and oxygen atoms in total. The number of carboxylic acid groups (broad SMARTS) is 1. The van der Waals surface area contributed by atoms with Crippen LogP contribution in [0.3, 0.4) is 0 Å². The van der Waals surface area contributed by atoms with Crippen molar-refractivity contribution < 1.29 is 23.1 Å². The quantitative estimate of drug-likeness (QED) is 0.917. The van der Waals surface area contributed by atoms with Crippen LogP contribution in [0.25, 0.3) is 0 Å². The molecule has 1 aromatic rings. The van der Waals surface area contributed by atoms with E-state index in [4.69, 9.17) is 5.11 Å². The van der Waals surface area contributed by atoms with Crippen molar-refractivity contribution in [1.82, 2.24) is 20.2 Å². The summed E-state index contributed by atoms with van der Waals surface area (Å²) in [6.07, 6.45) is -3.37. The van der Waals surface area contributed by atoms with Gasteiger partial charge in [0.1, 0.15) is 0 Å². The Kier molecular flexibility index (Phi) is 4.24. The molecule has 0 atom stereocenters. The normalized spacial score (nSPS) is 23.8. The highest BCUT2D eigenvalue weighted by molar-refractivity contribution is 5.66. The largest absolute Gasteiger partial charge is 0.481 e. The second-order valence-corrected chi connectivity index (χ2v) is 4.99. The average molecular weight is 292 g/mol. The first-order valence-electron chi connectivity index (χ1n) is 6.42. The summed E-state index contributed by atoms with van der Waals surface area (Å²) in [6.45, 7) is 0.136. The van der Waals surface area contributed by atoms with Gasteiger partial charge in [0.15, 0.2) is 5.82 Å². The standard InChI is InChI=1S/C11H15F3N4O2/c12-11(13,14)8-3-1-7(2-4-8)10-15-16-17-18(10)6-5-9(19)20/h7-8H,1-6H2,(H,19,20). The van der Waals surface area contributed by atoms with E-state index in [-0.39, 0.29) is 31.7 Å². The summed E-state index contributed by atoms with van der Waals surface area (Å²) in [7, 11) is 0. The molecule has 9 heteroatoms. The number of aryl methyl sites for hydroxylation is 1. The van der Waals surface area contributed by atoms with Crippen molar-refractivity contribution in [2.75, 3.05) is 0 Å². The van der Waals surface area contributed by atoms with Gasteiger partial charge in [-0.05, 0) is 36.1 Å². The highest BCUT2D eigenvalue weighted by atomic mass is 19.4. The maximum Gasteiger partial charge on any atom is 0.391 e. The highest BCUT2D eigenvalue weighted by Crippen LogP contribution is 2.42. The number of carbonyl (C=O) groups is 1. The van der Waals surface area contributed by atoms with Gasteiger partial charge in [0.05, 0.1) is 18.9 Å². The molecule has 0 aliphatic heterocycles. The highest BCUT2D eigenvalue weighted by Gasteiger charge is 2.42. The van der Waals surface area contributed by atoms with Crippen LogP contribution in [-0.4, -0.2) is 37.5 Å². The first-order chi connectivity index (χ1) is 9.38. The zero-order valence-electron chi connectivity index (χ0n) is 10.7. The van der Waals surface area contributed by atoms with Gasteiger partial charge < -0.3 is 5.11 Å². The van der Waals surface area contributed by atoms with Crippen molar-refractivity contribution in [3.05, 3.63) is 5.82 Å². The van der Waals surface area contributed by atoms with Crippen molar-refractivity contribution in [2.24, 2.45) is 5.92 Å². The first kappa shape index (κ1) is 14.7. The van der Waals surface area contributed by atoms with E-state index in [9.17, 15) is 18.0 Å². The summed E-state index contributed by atoms with van der Waals surface area (Å²) in [5.74, 6) is -1.85. The predicted molar refractivity (Wildman–Crippen MR) is 60.8 cm³/mol. The molecule has 0 bridgehead atoms. The van der Waals surface area contributed by atoms with E-state index in [1.807, 2.05) is 0 Å². The van der Waals surface area contributed by atoms with Crippen LogP contribution < -0.4 is 0 Å². The van der Waals surface area contributed by atoms with E-state index in [2.05, 4.69) is 15.5 Å². The van der Waals surface area contributed by atoms with Gasteiger partial charge in [-0.15, -0.1) is 5.10 Å². The Morgan fingerprint density at radius 1 is 1.30 bits per heavy atom. The van der Waals surface area contributed by atoms with E-state index < -0.39 is 18.1 Å². The molecule has 1 saturated carbocycles. The monoisotopic (exact) mass is 292 g/mol. The summed E-state index contributed by atoms with van der Waals surface area (Å²) in [4.78, 5) is 10.5. The van der Waals surface area contributed by atoms with Crippen molar-refractivity contribution in [3.63, 3.8) is 0 Å². The Bertz CT molecular complexity index is 466. The number of rotatable bonds is 4.